The van der Waals surface area contributed by atoms with Crippen molar-refractivity contribution in [1.82, 2.24) is 0 Å². The fraction of sp³-hybridized carbons (Fsp3) is 0.0667. The van der Waals surface area contributed by atoms with Gasteiger partial charge in [-0.3, -0.25) is 19.2 Å². The molecule has 6 N–H and O–H groups in total. The average molecular weight is 678 g/mol. The number of esters is 1. The molecule has 0 heterocycles. The number of hydrogen-bond acceptors (Lipinski definition) is 7. The zero-order valence-electron chi connectivity index (χ0n) is 23.0. The molecule has 0 fully saturated rings. The number of phenols is 1. The molecule has 0 spiro atoms. The number of nitrogens with one attached hydrogen (secondary N) is 3. The normalized spacial score (nSPS) is 10.1. The number of anilines is 4. The Bertz CT molecular complexity index is 1750. The highest BCUT2D eigenvalue weighted by atomic mass is 35.5. The maximum Gasteiger partial charge on any atom is 0.308 e. The first kappa shape index (κ1) is 34.0. The summed E-state index contributed by atoms with van der Waals surface area (Å²) in [5.41, 5.74) is 7.44. The first-order valence-electron chi connectivity index (χ1n) is 12.4. The summed E-state index contributed by atoms with van der Waals surface area (Å²) in [6, 6.07) is 17.9. The van der Waals surface area contributed by atoms with Crippen LogP contribution in [-0.4, -0.2) is 28.8 Å². The third-order valence-electron chi connectivity index (χ3n) is 5.42. The number of carbonyl (C=O) groups is 4. The second kappa shape index (κ2) is 15.3. The largest absolute Gasteiger partial charge is 0.507 e. The molecule has 0 aliphatic carbocycles. The third kappa shape index (κ3) is 9.78. The summed E-state index contributed by atoms with van der Waals surface area (Å²) >= 11 is 23.8. The molecule has 44 heavy (non-hydrogen) atoms. The van der Waals surface area contributed by atoms with E-state index in [9.17, 15) is 24.3 Å². The van der Waals surface area contributed by atoms with Crippen LogP contribution in [0.2, 0.25) is 20.1 Å². The number of rotatable bonds is 6. The van der Waals surface area contributed by atoms with Gasteiger partial charge in [-0.2, -0.15) is 0 Å². The summed E-state index contributed by atoms with van der Waals surface area (Å²) in [7, 11) is 0. The number of nitrogen functional groups attached to an aromatic ring is 1. The zero-order chi connectivity index (χ0) is 32.6. The molecule has 4 rings (SSSR count). The van der Waals surface area contributed by atoms with Gasteiger partial charge < -0.3 is 31.5 Å². The van der Waals surface area contributed by atoms with Crippen LogP contribution in [0, 0.1) is 0 Å². The van der Waals surface area contributed by atoms with Gasteiger partial charge in [0, 0.05) is 35.3 Å². The van der Waals surface area contributed by atoms with E-state index in [0.717, 1.165) is 0 Å². The first-order chi connectivity index (χ1) is 20.7. The summed E-state index contributed by atoms with van der Waals surface area (Å²) in [6.45, 7) is 2.60. The van der Waals surface area contributed by atoms with Crippen LogP contribution in [0.15, 0.2) is 72.8 Å². The van der Waals surface area contributed by atoms with Crippen molar-refractivity contribution in [1.29, 1.82) is 0 Å². The predicted molar refractivity (Wildman–Crippen MR) is 173 cm³/mol. The number of nitrogens with two attached hydrogens (primary N) is 1. The van der Waals surface area contributed by atoms with Crippen LogP contribution in [0.4, 0.5) is 22.7 Å². The Morgan fingerprint density at radius 2 is 1.23 bits per heavy atom. The predicted octanol–water partition coefficient (Wildman–Crippen LogP) is 7.66. The van der Waals surface area contributed by atoms with Gasteiger partial charge in [0.25, 0.3) is 11.8 Å². The number of hydrogen-bond donors (Lipinski definition) is 5. The number of benzene rings is 4. The molecular formula is C30H24Cl4N4O6. The Labute approximate surface area is 272 Å². The number of aromatic hydroxyl groups is 1. The number of halogens is 4. The van der Waals surface area contributed by atoms with Crippen LogP contribution >= 0.6 is 46.4 Å². The molecule has 4 aromatic rings. The lowest BCUT2D eigenvalue weighted by molar-refractivity contribution is -0.131. The monoisotopic (exact) mass is 676 g/mol. The lowest BCUT2D eigenvalue weighted by Gasteiger charge is -2.12. The minimum atomic E-state index is -0.561. The van der Waals surface area contributed by atoms with Crippen molar-refractivity contribution in [3.63, 3.8) is 0 Å². The van der Waals surface area contributed by atoms with E-state index in [-0.39, 0.29) is 33.6 Å². The first-order valence-corrected chi connectivity index (χ1v) is 14.0. The van der Waals surface area contributed by atoms with Crippen molar-refractivity contribution in [3.8, 4) is 11.5 Å². The highest BCUT2D eigenvalue weighted by molar-refractivity contribution is 6.35. The Hall–Kier alpha value is -4.48. The molecule has 0 aliphatic heterocycles. The lowest BCUT2D eigenvalue weighted by atomic mass is 10.1. The molecular weight excluding hydrogens is 654 g/mol. The van der Waals surface area contributed by atoms with Crippen molar-refractivity contribution in [2.45, 2.75) is 13.8 Å². The third-order valence-corrected chi connectivity index (χ3v) is 6.52. The van der Waals surface area contributed by atoms with Crippen LogP contribution in [0.25, 0.3) is 0 Å². The van der Waals surface area contributed by atoms with Crippen LogP contribution in [-0.2, 0) is 9.59 Å². The summed E-state index contributed by atoms with van der Waals surface area (Å²) in [4.78, 5) is 46.7. The molecule has 0 radical (unpaired) electrons. The molecule has 10 nitrogen and oxygen atoms in total. The van der Waals surface area contributed by atoms with Crippen molar-refractivity contribution in [3.05, 3.63) is 104 Å². The van der Waals surface area contributed by atoms with Gasteiger partial charge in [-0.05, 0) is 72.8 Å². The molecule has 4 aromatic carbocycles. The van der Waals surface area contributed by atoms with Gasteiger partial charge in [0.1, 0.15) is 11.5 Å². The molecule has 0 bridgehead atoms. The molecule has 14 heteroatoms. The molecule has 0 unspecified atom stereocenters. The fourth-order valence-electron chi connectivity index (χ4n) is 3.52. The van der Waals surface area contributed by atoms with E-state index in [1.807, 2.05) is 0 Å². The smallest absolute Gasteiger partial charge is 0.308 e. The standard InChI is InChI=1S/C17H14Cl2N2O4.C13H10Cl2N2O2/c1-9(22)20-12-4-5-15(14(19)8-12)21-17(24)13-7-11(18)3-6-16(13)25-10(2)23;14-7-1-4-12(18)9(5-7)13(19)17-11-3-2-8(16)6-10(11)15/h3-8H,1-2H3,(H,20,22)(H,21,24);1-6,18H,16H2,(H,17,19). The molecule has 0 aromatic heterocycles. The van der Waals surface area contributed by atoms with Crippen LogP contribution in [0.3, 0.4) is 0 Å². The van der Waals surface area contributed by atoms with Crippen molar-refractivity contribution in [2.75, 3.05) is 21.7 Å². The highest BCUT2D eigenvalue weighted by Crippen LogP contribution is 2.29. The Morgan fingerprint density at radius 1 is 0.682 bits per heavy atom. The van der Waals surface area contributed by atoms with E-state index in [1.165, 1.54) is 62.4 Å². The van der Waals surface area contributed by atoms with Crippen molar-refractivity contribution in [2.24, 2.45) is 0 Å². The molecule has 228 valence electrons. The average Bonchev–Trinajstić information content (AvgIpc) is 2.93. The van der Waals surface area contributed by atoms with Crippen molar-refractivity contribution < 1.29 is 29.0 Å². The summed E-state index contributed by atoms with van der Waals surface area (Å²) in [5.74, 6) is -1.93. The van der Waals surface area contributed by atoms with E-state index in [0.29, 0.717) is 37.8 Å². The summed E-state index contributed by atoms with van der Waals surface area (Å²) in [5, 5.41) is 18.6. The molecule has 0 saturated heterocycles. The van der Waals surface area contributed by atoms with Crippen molar-refractivity contribution >= 4 is 92.8 Å². The second-order valence-electron chi connectivity index (χ2n) is 8.92. The number of amides is 3. The summed E-state index contributed by atoms with van der Waals surface area (Å²) in [6.07, 6.45) is 0. The highest BCUT2D eigenvalue weighted by Gasteiger charge is 2.17. The van der Waals surface area contributed by atoms with E-state index in [4.69, 9.17) is 56.9 Å². The van der Waals surface area contributed by atoms with Gasteiger partial charge in [0.05, 0.1) is 32.5 Å². The van der Waals surface area contributed by atoms with E-state index >= 15 is 0 Å². The molecule has 3 amide bonds. The maximum atomic E-state index is 12.5. The van der Waals surface area contributed by atoms with E-state index in [2.05, 4.69) is 16.0 Å². The van der Waals surface area contributed by atoms with Gasteiger partial charge in [-0.15, -0.1) is 0 Å². The van der Waals surface area contributed by atoms with Gasteiger partial charge in [0.15, 0.2) is 0 Å². The second-order valence-corrected chi connectivity index (χ2v) is 10.6. The quantitative estimate of drug-likeness (QED) is 0.0795. The topological polar surface area (TPSA) is 160 Å². The molecule has 0 saturated carbocycles. The molecule has 0 aliphatic rings. The van der Waals surface area contributed by atoms with Gasteiger partial charge in [0.2, 0.25) is 5.91 Å². The number of phenolic OH excluding ortho intramolecular Hbond substituents is 1. The van der Waals surface area contributed by atoms with Crippen LogP contribution < -0.4 is 26.4 Å². The SMILES string of the molecule is CC(=O)Nc1ccc(NC(=O)c2cc(Cl)ccc2OC(C)=O)c(Cl)c1.Nc1ccc(NC(=O)c2cc(Cl)ccc2O)c(Cl)c1. The Morgan fingerprint density at radius 3 is 1.80 bits per heavy atom. The van der Waals surface area contributed by atoms with Gasteiger partial charge in [-0.25, -0.2) is 0 Å². The molecule has 0 atom stereocenters. The van der Waals surface area contributed by atoms with Crippen LogP contribution in [0.1, 0.15) is 34.6 Å². The Kier molecular flexibility index (Phi) is 11.8. The van der Waals surface area contributed by atoms with E-state index in [1.54, 1.807) is 24.3 Å². The van der Waals surface area contributed by atoms with Crippen LogP contribution in [0.5, 0.6) is 11.5 Å². The number of ether oxygens (including phenoxy) is 1. The summed E-state index contributed by atoms with van der Waals surface area (Å²) < 4.78 is 5.01. The fourth-order valence-corrected chi connectivity index (χ4v) is 4.33. The van der Waals surface area contributed by atoms with Gasteiger partial charge in [-0.1, -0.05) is 46.4 Å². The maximum absolute atomic E-state index is 12.5. The Balaban J connectivity index is 0.000000249. The minimum Gasteiger partial charge on any atom is -0.507 e. The zero-order valence-corrected chi connectivity index (χ0v) is 26.0. The number of carbonyl (C=O) groups excluding carboxylic acids is 4. The lowest BCUT2D eigenvalue weighted by Crippen LogP contribution is -2.15. The van der Waals surface area contributed by atoms with Gasteiger partial charge >= 0.3 is 5.97 Å². The minimum absolute atomic E-state index is 0.0698. The van der Waals surface area contributed by atoms with E-state index < -0.39 is 17.8 Å².